The van der Waals surface area contributed by atoms with Crippen LogP contribution in [0.3, 0.4) is 0 Å². The minimum absolute atomic E-state index is 0.140. The van der Waals surface area contributed by atoms with Crippen molar-refractivity contribution in [3.05, 3.63) is 39.9 Å². The van der Waals surface area contributed by atoms with Crippen LogP contribution in [0.15, 0.2) is 24.3 Å². The van der Waals surface area contributed by atoms with Crippen molar-refractivity contribution >= 4 is 17.6 Å². The Kier molecular flexibility index (Phi) is 5.58. The molecule has 1 amide bonds. The van der Waals surface area contributed by atoms with Gasteiger partial charge in [-0.3, -0.25) is 14.9 Å². The first kappa shape index (κ1) is 17.6. The van der Waals surface area contributed by atoms with Gasteiger partial charge in [0, 0.05) is 17.7 Å². The summed E-state index contributed by atoms with van der Waals surface area (Å²) in [5.41, 5.74) is -0.751. The van der Waals surface area contributed by atoms with Gasteiger partial charge in [-0.05, 0) is 32.9 Å². The summed E-state index contributed by atoms with van der Waals surface area (Å²) in [6.45, 7) is 4.38. The number of benzene rings is 1. The van der Waals surface area contributed by atoms with E-state index in [9.17, 15) is 24.8 Å². The van der Waals surface area contributed by atoms with Crippen LogP contribution in [0.4, 0.5) is 10.5 Å². The molecule has 120 valence electrons. The maximum atomic E-state index is 12.2. The average Bonchev–Trinajstić information content (AvgIpc) is 2.42. The van der Waals surface area contributed by atoms with Crippen LogP contribution in [0.25, 0.3) is 0 Å². The highest BCUT2D eigenvalue weighted by molar-refractivity contribution is 6.01. The fourth-order valence-electron chi connectivity index (χ4n) is 1.59. The predicted molar refractivity (Wildman–Crippen MR) is 77.7 cm³/mol. The Labute approximate surface area is 127 Å². The van der Waals surface area contributed by atoms with E-state index in [1.54, 1.807) is 20.8 Å². The normalized spacial score (nSPS) is 12.4. The van der Waals surface area contributed by atoms with Gasteiger partial charge in [-0.15, -0.1) is 0 Å². The smallest absolute Gasteiger partial charge is 0.408 e. The Morgan fingerprint density at radius 2 is 1.86 bits per heavy atom. The van der Waals surface area contributed by atoms with Crippen molar-refractivity contribution in [2.45, 2.75) is 32.4 Å². The maximum Gasteiger partial charge on any atom is 0.408 e. The molecule has 1 unspecified atom stereocenters. The largest absolute Gasteiger partial charge is 0.444 e. The number of nitro benzene ring substituents is 1. The van der Waals surface area contributed by atoms with Crippen LogP contribution in [0.5, 0.6) is 0 Å². The first-order valence-electron chi connectivity index (χ1n) is 6.53. The second kappa shape index (κ2) is 6.99. The molecule has 0 fully saturated rings. The van der Waals surface area contributed by atoms with Crippen LogP contribution < -0.4 is 5.32 Å². The molecule has 0 saturated heterocycles. The van der Waals surface area contributed by atoms with E-state index in [1.807, 2.05) is 0 Å². The molecular formula is C14H18N2O6. The Bertz CT molecular complexity index is 562. The Balaban J connectivity index is 2.79. The van der Waals surface area contributed by atoms with E-state index < -0.39 is 35.0 Å². The number of rotatable bonds is 5. The number of alkyl carbamates (subject to hydrolysis) is 1. The second-order valence-corrected chi connectivity index (χ2v) is 5.55. The summed E-state index contributed by atoms with van der Waals surface area (Å²) in [5.74, 6) is -0.566. The van der Waals surface area contributed by atoms with Crippen LogP contribution in [-0.2, 0) is 4.74 Å². The van der Waals surface area contributed by atoms with Gasteiger partial charge in [0.15, 0.2) is 5.78 Å². The molecular weight excluding hydrogens is 292 g/mol. The number of nitro groups is 1. The maximum absolute atomic E-state index is 12.2. The summed E-state index contributed by atoms with van der Waals surface area (Å²) in [7, 11) is 0. The van der Waals surface area contributed by atoms with E-state index in [-0.39, 0.29) is 11.3 Å². The number of carbonyl (C=O) groups is 2. The van der Waals surface area contributed by atoms with Crippen molar-refractivity contribution in [1.82, 2.24) is 5.32 Å². The van der Waals surface area contributed by atoms with Crippen LogP contribution in [0.1, 0.15) is 31.1 Å². The predicted octanol–water partition coefficient (Wildman–Crippen LogP) is 1.66. The Morgan fingerprint density at radius 3 is 2.27 bits per heavy atom. The van der Waals surface area contributed by atoms with E-state index in [2.05, 4.69) is 5.32 Å². The minimum atomic E-state index is -1.18. The average molecular weight is 310 g/mol. The fraction of sp³-hybridized carbons (Fsp3) is 0.429. The van der Waals surface area contributed by atoms with Crippen molar-refractivity contribution in [3.63, 3.8) is 0 Å². The van der Waals surface area contributed by atoms with Crippen LogP contribution in [-0.4, -0.2) is 40.2 Å². The molecule has 1 atom stereocenters. The zero-order valence-corrected chi connectivity index (χ0v) is 12.5. The molecule has 8 heteroatoms. The topological polar surface area (TPSA) is 119 Å². The molecule has 0 bridgehead atoms. The Hall–Kier alpha value is -2.48. The molecule has 0 saturated carbocycles. The van der Waals surface area contributed by atoms with Crippen molar-refractivity contribution in [3.8, 4) is 0 Å². The number of amides is 1. The molecule has 0 aromatic heterocycles. The molecule has 0 aliphatic heterocycles. The molecule has 0 aliphatic carbocycles. The molecule has 2 N–H and O–H groups in total. The molecule has 0 heterocycles. The lowest BCUT2D eigenvalue weighted by Crippen LogP contribution is -2.45. The molecule has 0 spiro atoms. The minimum Gasteiger partial charge on any atom is -0.444 e. The van der Waals surface area contributed by atoms with E-state index in [1.165, 1.54) is 24.3 Å². The van der Waals surface area contributed by atoms with Crippen molar-refractivity contribution < 1.29 is 24.4 Å². The highest BCUT2D eigenvalue weighted by Gasteiger charge is 2.25. The summed E-state index contributed by atoms with van der Waals surface area (Å²) in [6.07, 6.45) is -0.832. The molecule has 0 radical (unpaired) electrons. The molecule has 8 nitrogen and oxygen atoms in total. The number of hydrogen-bond donors (Lipinski definition) is 2. The number of nitrogens with one attached hydrogen (secondary N) is 1. The number of Topliss-reactive ketones (excluding diaryl/α,β-unsaturated/α-hetero) is 1. The molecule has 22 heavy (non-hydrogen) atoms. The quantitative estimate of drug-likeness (QED) is 0.485. The van der Waals surface area contributed by atoms with E-state index in [0.717, 1.165) is 0 Å². The van der Waals surface area contributed by atoms with Crippen molar-refractivity contribution in [2.24, 2.45) is 0 Å². The number of aliphatic hydroxyl groups is 1. The number of carbonyl (C=O) groups excluding carboxylic acids is 2. The van der Waals surface area contributed by atoms with E-state index in [0.29, 0.717) is 0 Å². The summed E-state index contributed by atoms with van der Waals surface area (Å²) in [6, 6.07) is 3.70. The van der Waals surface area contributed by atoms with Crippen molar-refractivity contribution in [2.75, 3.05) is 6.61 Å². The first-order valence-corrected chi connectivity index (χ1v) is 6.53. The van der Waals surface area contributed by atoms with Gasteiger partial charge in [-0.1, -0.05) is 0 Å². The zero-order chi connectivity index (χ0) is 16.9. The van der Waals surface area contributed by atoms with Gasteiger partial charge < -0.3 is 15.2 Å². The fourth-order valence-corrected chi connectivity index (χ4v) is 1.59. The van der Waals surface area contributed by atoms with Gasteiger partial charge in [-0.25, -0.2) is 4.79 Å². The monoisotopic (exact) mass is 310 g/mol. The third kappa shape index (κ3) is 5.13. The number of aliphatic hydroxyl groups excluding tert-OH is 1. The first-order chi connectivity index (χ1) is 10.1. The van der Waals surface area contributed by atoms with Gasteiger partial charge in [0.25, 0.3) is 5.69 Å². The molecule has 1 aromatic carbocycles. The summed E-state index contributed by atoms with van der Waals surface area (Å²) in [4.78, 5) is 33.8. The highest BCUT2D eigenvalue weighted by Crippen LogP contribution is 2.14. The molecule has 0 aliphatic rings. The number of nitrogens with zero attached hydrogens (tertiary/aromatic N) is 1. The SMILES string of the molecule is CC(C)(C)OC(=O)NC(CO)C(=O)c1ccc([N+](=O)[O-])cc1. The summed E-state index contributed by atoms with van der Waals surface area (Å²) >= 11 is 0. The van der Waals surface area contributed by atoms with Gasteiger partial charge in [0.05, 0.1) is 11.5 Å². The van der Waals surface area contributed by atoms with Gasteiger partial charge in [0.2, 0.25) is 0 Å². The Morgan fingerprint density at radius 1 is 1.32 bits per heavy atom. The van der Waals surface area contributed by atoms with Crippen LogP contribution >= 0.6 is 0 Å². The van der Waals surface area contributed by atoms with Crippen molar-refractivity contribution in [1.29, 1.82) is 0 Å². The molecule has 1 aromatic rings. The standard InChI is InChI=1S/C14H18N2O6/c1-14(2,3)22-13(19)15-11(8-17)12(18)9-4-6-10(7-5-9)16(20)21/h4-7,11,17H,8H2,1-3H3,(H,15,19). The number of ether oxygens (including phenoxy) is 1. The number of ketones is 1. The third-order valence-electron chi connectivity index (χ3n) is 2.55. The lowest BCUT2D eigenvalue weighted by Gasteiger charge is -2.22. The van der Waals surface area contributed by atoms with Crippen LogP contribution in [0.2, 0.25) is 0 Å². The number of hydrogen-bond acceptors (Lipinski definition) is 6. The van der Waals surface area contributed by atoms with Gasteiger partial charge in [-0.2, -0.15) is 0 Å². The van der Waals surface area contributed by atoms with E-state index in [4.69, 9.17) is 4.74 Å². The third-order valence-corrected chi connectivity index (χ3v) is 2.55. The lowest BCUT2D eigenvalue weighted by molar-refractivity contribution is -0.384. The second-order valence-electron chi connectivity index (χ2n) is 5.55. The summed E-state index contributed by atoms with van der Waals surface area (Å²) in [5, 5.41) is 22.1. The highest BCUT2D eigenvalue weighted by atomic mass is 16.6. The summed E-state index contributed by atoms with van der Waals surface area (Å²) < 4.78 is 5.00. The van der Waals surface area contributed by atoms with E-state index >= 15 is 0 Å². The number of non-ortho nitro benzene ring substituents is 1. The molecule has 1 rings (SSSR count). The zero-order valence-electron chi connectivity index (χ0n) is 12.5. The lowest BCUT2D eigenvalue weighted by atomic mass is 10.0. The van der Waals surface area contributed by atoms with Gasteiger partial charge in [0.1, 0.15) is 11.6 Å². The van der Waals surface area contributed by atoms with Crippen LogP contribution in [0, 0.1) is 10.1 Å². The van der Waals surface area contributed by atoms with Gasteiger partial charge >= 0.3 is 6.09 Å².